The molecule has 2 atom stereocenters. The summed E-state index contributed by atoms with van der Waals surface area (Å²) in [5.41, 5.74) is 0.832. The minimum absolute atomic E-state index is 0.0560. The second-order valence-electron chi connectivity index (χ2n) is 8.89. The largest absolute Gasteiger partial charge is 0.481 e. The molecule has 1 aromatic heterocycles. The number of Topliss-reactive ketones (excluding diaryl/α,β-unsaturated/α-hetero) is 1. The van der Waals surface area contributed by atoms with Gasteiger partial charge in [0.25, 0.3) is 11.8 Å². The first-order valence-corrected chi connectivity index (χ1v) is 11.8. The van der Waals surface area contributed by atoms with Gasteiger partial charge in [0.1, 0.15) is 18.2 Å². The monoisotopic (exact) mass is 493 g/mol. The predicted molar refractivity (Wildman–Crippen MR) is 124 cm³/mol. The molecule has 186 valence electrons. The van der Waals surface area contributed by atoms with Crippen LogP contribution in [0.4, 0.5) is 4.39 Å². The van der Waals surface area contributed by atoms with E-state index in [1.807, 2.05) is 6.92 Å². The molecule has 5 rings (SSSR count). The van der Waals surface area contributed by atoms with Gasteiger partial charge in [0, 0.05) is 17.0 Å². The van der Waals surface area contributed by atoms with E-state index in [1.54, 1.807) is 24.3 Å². The molecule has 1 saturated carbocycles. The van der Waals surface area contributed by atoms with Gasteiger partial charge in [-0.05, 0) is 55.7 Å². The Morgan fingerprint density at radius 2 is 1.97 bits per heavy atom. The molecule has 2 aliphatic rings. The number of carbonyl (C=O) groups excluding carboxylic acids is 3. The van der Waals surface area contributed by atoms with Crippen molar-refractivity contribution in [3.05, 3.63) is 65.3 Å². The molecule has 2 heterocycles. The number of rotatable bonds is 9. The highest BCUT2D eigenvalue weighted by Gasteiger charge is 2.30. The molecule has 0 radical (unpaired) electrons. The number of carbonyl (C=O) groups is 3. The van der Waals surface area contributed by atoms with Crippen LogP contribution >= 0.6 is 0 Å². The van der Waals surface area contributed by atoms with Gasteiger partial charge in [-0.15, -0.1) is 0 Å². The summed E-state index contributed by atoms with van der Waals surface area (Å²) in [6, 6.07) is 10.5. The lowest BCUT2D eigenvalue weighted by atomic mass is 10.1. The summed E-state index contributed by atoms with van der Waals surface area (Å²) in [7, 11) is 0. The van der Waals surface area contributed by atoms with E-state index in [1.165, 1.54) is 12.1 Å². The zero-order valence-corrected chi connectivity index (χ0v) is 19.5. The van der Waals surface area contributed by atoms with Crippen molar-refractivity contribution in [2.75, 3.05) is 6.61 Å². The number of halogens is 1. The number of amides is 1. The van der Waals surface area contributed by atoms with Gasteiger partial charge < -0.3 is 19.3 Å². The average Bonchev–Trinajstić information content (AvgIpc) is 3.47. The van der Waals surface area contributed by atoms with Crippen molar-refractivity contribution in [1.29, 1.82) is 0 Å². The van der Waals surface area contributed by atoms with Gasteiger partial charge in [0.15, 0.2) is 11.9 Å². The van der Waals surface area contributed by atoms with E-state index in [-0.39, 0.29) is 42.0 Å². The summed E-state index contributed by atoms with van der Waals surface area (Å²) < 4.78 is 30.9. The second kappa shape index (κ2) is 9.88. The highest BCUT2D eigenvalue weighted by molar-refractivity contribution is 5.99. The number of esters is 1. The molecule has 3 aromatic rings. The fourth-order valence-corrected chi connectivity index (χ4v) is 3.94. The standard InChI is InChI=1S/C26H24FN3O6/c1-2-21(35-18-8-5-15(6-9-18)23(32)14-3-4-14)26-29-24(30-36-26)16-7-10-19(20(27)11-16)25(33)28-17-12-22(31)34-13-17/h5-11,14,17,21H,2-4,12-13H2,1H3,(H,28,33)/t17-,21+/m0/s1. The zero-order chi connectivity index (χ0) is 25.2. The molecule has 1 aliphatic carbocycles. The van der Waals surface area contributed by atoms with Gasteiger partial charge in [0.05, 0.1) is 18.0 Å². The molecule has 0 spiro atoms. The zero-order valence-electron chi connectivity index (χ0n) is 19.5. The number of ketones is 1. The van der Waals surface area contributed by atoms with Crippen molar-refractivity contribution in [1.82, 2.24) is 15.5 Å². The van der Waals surface area contributed by atoms with E-state index in [9.17, 15) is 18.8 Å². The van der Waals surface area contributed by atoms with Gasteiger partial charge >= 0.3 is 5.97 Å². The highest BCUT2D eigenvalue weighted by atomic mass is 19.1. The number of cyclic esters (lactones) is 1. The summed E-state index contributed by atoms with van der Waals surface area (Å²) in [6.07, 6.45) is 1.95. The Labute approximate surface area is 206 Å². The third-order valence-electron chi connectivity index (χ3n) is 6.12. The Balaban J connectivity index is 1.25. The number of aromatic nitrogens is 2. The van der Waals surface area contributed by atoms with Crippen LogP contribution in [-0.4, -0.2) is 40.4 Å². The molecule has 9 nitrogen and oxygen atoms in total. The highest BCUT2D eigenvalue weighted by Crippen LogP contribution is 2.33. The number of benzene rings is 2. The van der Waals surface area contributed by atoms with Gasteiger partial charge in [-0.1, -0.05) is 18.1 Å². The van der Waals surface area contributed by atoms with Crippen LogP contribution in [0.25, 0.3) is 11.4 Å². The van der Waals surface area contributed by atoms with Crippen LogP contribution in [0.15, 0.2) is 47.0 Å². The maximum atomic E-state index is 14.7. The molecule has 0 bridgehead atoms. The third kappa shape index (κ3) is 5.12. The molecule has 10 heteroatoms. The Kier molecular flexibility index (Phi) is 6.49. The Morgan fingerprint density at radius 1 is 1.19 bits per heavy atom. The van der Waals surface area contributed by atoms with Crippen LogP contribution in [0.1, 0.15) is 65.3 Å². The molecule has 0 unspecified atom stereocenters. The van der Waals surface area contributed by atoms with Crippen LogP contribution in [-0.2, 0) is 9.53 Å². The molecule has 1 amide bonds. The van der Waals surface area contributed by atoms with Crippen molar-refractivity contribution >= 4 is 17.7 Å². The molecular weight excluding hydrogens is 469 g/mol. The Bertz CT molecular complexity index is 1300. The summed E-state index contributed by atoms with van der Waals surface area (Å²) in [6.45, 7) is 1.97. The molecular formula is C26H24FN3O6. The Morgan fingerprint density at radius 3 is 2.61 bits per heavy atom. The van der Waals surface area contributed by atoms with Crippen LogP contribution in [0.2, 0.25) is 0 Å². The summed E-state index contributed by atoms with van der Waals surface area (Å²) in [4.78, 5) is 40.1. The van der Waals surface area contributed by atoms with Crippen molar-refractivity contribution in [3.8, 4) is 17.1 Å². The summed E-state index contributed by atoms with van der Waals surface area (Å²) >= 11 is 0. The fourth-order valence-electron chi connectivity index (χ4n) is 3.94. The first-order chi connectivity index (χ1) is 17.4. The van der Waals surface area contributed by atoms with Crippen molar-refractivity contribution < 1.29 is 32.8 Å². The predicted octanol–water partition coefficient (Wildman–Crippen LogP) is 4.04. The molecule has 1 N–H and O–H groups in total. The molecule has 1 aliphatic heterocycles. The van der Waals surface area contributed by atoms with Crippen LogP contribution in [0.5, 0.6) is 5.75 Å². The molecule has 2 fully saturated rings. The second-order valence-corrected chi connectivity index (χ2v) is 8.89. The summed E-state index contributed by atoms with van der Waals surface area (Å²) in [5, 5.41) is 6.52. The topological polar surface area (TPSA) is 121 Å². The first kappa shape index (κ1) is 23.7. The Hall–Kier alpha value is -4.08. The fraction of sp³-hybridized carbons (Fsp3) is 0.346. The van der Waals surface area contributed by atoms with Crippen molar-refractivity contribution in [3.63, 3.8) is 0 Å². The number of hydrogen-bond acceptors (Lipinski definition) is 8. The van der Waals surface area contributed by atoms with Crippen LogP contribution in [0.3, 0.4) is 0 Å². The van der Waals surface area contributed by atoms with E-state index >= 15 is 0 Å². The quantitative estimate of drug-likeness (QED) is 0.350. The first-order valence-electron chi connectivity index (χ1n) is 11.8. The normalized spacial score (nSPS) is 17.9. The SMILES string of the molecule is CC[C@@H](Oc1ccc(C(=O)C2CC2)cc1)c1nc(-c2ccc(C(=O)N[C@@H]3COC(=O)C3)c(F)c2)no1. The van der Waals surface area contributed by atoms with E-state index in [4.69, 9.17) is 14.0 Å². The van der Waals surface area contributed by atoms with Crippen molar-refractivity contribution in [2.24, 2.45) is 5.92 Å². The van der Waals surface area contributed by atoms with E-state index in [0.717, 1.165) is 18.9 Å². The average molecular weight is 493 g/mol. The van der Waals surface area contributed by atoms with Crippen LogP contribution < -0.4 is 10.1 Å². The van der Waals surface area contributed by atoms with E-state index in [0.29, 0.717) is 23.3 Å². The molecule has 36 heavy (non-hydrogen) atoms. The van der Waals surface area contributed by atoms with Crippen LogP contribution in [0, 0.1) is 11.7 Å². The maximum absolute atomic E-state index is 14.7. The number of nitrogens with one attached hydrogen (secondary N) is 1. The van der Waals surface area contributed by atoms with Crippen molar-refractivity contribution in [2.45, 2.75) is 44.8 Å². The number of hydrogen-bond donors (Lipinski definition) is 1. The minimum atomic E-state index is -0.759. The van der Waals surface area contributed by atoms with E-state index < -0.39 is 29.8 Å². The maximum Gasteiger partial charge on any atom is 0.308 e. The van der Waals surface area contributed by atoms with Gasteiger partial charge in [-0.2, -0.15) is 4.98 Å². The number of nitrogens with zero attached hydrogens (tertiary/aromatic N) is 2. The smallest absolute Gasteiger partial charge is 0.308 e. The number of ether oxygens (including phenoxy) is 2. The molecule has 2 aromatic carbocycles. The van der Waals surface area contributed by atoms with Gasteiger partial charge in [0.2, 0.25) is 5.82 Å². The minimum Gasteiger partial charge on any atom is -0.481 e. The van der Waals surface area contributed by atoms with Gasteiger partial charge in [-0.25, -0.2) is 4.39 Å². The lowest BCUT2D eigenvalue weighted by Crippen LogP contribution is -2.35. The summed E-state index contributed by atoms with van der Waals surface area (Å²) in [5.74, 6) is -0.557. The lowest BCUT2D eigenvalue weighted by Gasteiger charge is -2.13. The lowest BCUT2D eigenvalue weighted by molar-refractivity contribution is -0.137. The van der Waals surface area contributed by atoms with Gasteiger partial charge in [-0.3, -0.25) is 14.4 Å². The third-order valence-corrected chi connectivity index (χ3v) is 6.12. The van der Waals surface area contributed by atoms with E-state index in [2.05, 4.69) is 15.5 Å². The molecule has 1 saturated heterocycles.